The topological polar surface area (TPSA) is 45.2 Å². The second-order valence-electron chi connectivity index (χ2n) is 4.11. The van der Waals surface area contributed by atoms with Crippen LogP contribution in [0.15, 0.2) is 24.4 Å². The fourth-order valence-corrected chi connectivity index (χ4v) is 2.03. The van der Waals surface area contributed by atoms with E-state index in [9.17, 15) is 4.79 Å². The van der Waals surface area contributed by atoms with Crippen LogP contribution in [0, 0.1) is 0 Å². The smallest absolute Gasteiger partial charge is 0.272 e. The van der Waals surface area contributed by atoms with Gasteiger partial charge in [0.1, 0.15) is 5.69 Å². The molecule has 0 saturated carbocycles. The molecule has 86 valence electrons. The molecule has 1 N–H and O–H groups in total. The Morgan fingerprint density at radius 1 is 1.44 bits per heavy atom. The third-order valence-corrected chi connectivity index (χ3v) is 3.06. The molecule has 2 rings (SSSR count). The van der Waals surface area contributed by atoms with Crippen LogP contribution in [0.2, 0.25) is 0 Å². The van der Waals surface area contributed by atoms with Crippen molar-refractivity contribution in [2.24, 2.45) is 0 Å². The largest absolute Gasteiger partial charge is 0.337 e. The van der Waals surface area contributed by atoms with E-state index < -0.39 is 0 Å². The first kappa shape index (κ1) is 11.1. The van der Waals surface area contributed by atoms with Crippen LogP contribution in [0.25, 0.3) is 0 Å². The molecule has 1 aromatic rings. The maximum absolute atomic E-state index is 12.1. The Balaban J connectivity index is 2.04. The molecule has 0 aromatic carbocycles. The summed E-state index contributed by atoms with van der Waals surface area (Å²) in [6.07, 6.45) is 3.70. The second kappa shape index (κ2) is 5.07. The van der Waals surface area contributed by atoms with Crippen LogP contribution in [0.4, 0.5) is 0 Å². The van der Waals surface area contributed by atoms with Gasteiger partial charge in [-0.05, 0) is 38.1 Å². The van der Waals surface area contributed by atoms with Crippen LogP contribution in [0.1, 0.15) is 23.3 Å². The van der Waals surface area contributed by atoms with E-state index in [0.29, 0.717) is 11.7 Å². The maximum atomic E-state index is 12.1. The van der Waals surface area contributed by atoms with Crippen LogP contribution >= 0.6 is 0 Å². The van der Waals surface area contributed by atoms with Crippen LogP contribution < -0.4 is 5.32 Å². The first-order chi connectivity index (χ1) is 7.79. The Hall–Kier alpha value is -1.42. The molecule has 4 heteroatoms. The summed E-state index contributed by atoms with van der Waals surface area (Å²) in [7, 11) is 1.87. The predicted molar refractivity (Wildman–Crippen MR) is 62.2 cm³/mol. The Morgan fingerprint density at radius 2 is 2.19 bits per heavy atom. The van der Waals surface area contributed by atoms with E-state index in [0.717, 1.165) is 25.9 Å². The average molecular weight is 219 g/mol. The minimum absolute atomic E-state index is 0.0208. The number of carbonyl (C=O) groups excluding carboxylic acids is 1. The summed E-state index contributed by atoms with van der Waals surface area (Å²) < 4.78 is 0. The first-order valence-electron chi connectivity index (χ1n) is 5.68. The molecule has 1 saturated heterocycles. The van der Waals surface area contributed by atoms with Crippen molar-refractivity contribution in [1.29, 1.82) is 0 Å². The van der Waals surface area contributed by atoms with Crippen molar-refractivity contribution in [3.8, 4) is 0 Å². The molecule has 1 fully saturated rings. The molecule has 1 aliphatic rings. The van der Waals surface area contributed by atoms with Gasteiger partial charge in [-0.2, -0.15) is 0 Å². The highest BCUT2D eigenvalue weighted by Crippen LogP contribution is 2.12. The Bertz CT molecular complexity index is 347. The standard InChI is InChI=1S/C12H17N3O/c1-15(10-5-8-13-9-6-10)12(16)11-4-2-3-7-14-11/h2-4,7,10,13H,5-6,8-9H2,1H3. The lowest BCUT2D eigenvalue weighted by Crippen LogP contribution is -2.44. The maximum Gasteiger partial charge on any atom is 0.272 e. The van der Waals surface area contributed by atoms with Gasteiger partial charge in [0.25, 0.3) is 5.91 Å². The summed E-state index contributed by atoms with van der Waals surface area (Å²) in [6, 6.07) is 5.77. The minimum Gasteiger partial charge on any atom is -0.337 e. The molecule has 0 atom stereocenters. The molecule has 1 aliphatic heterocycles. The molecule has 4 nitrogen and oxygen atoms in total. The van der Waals surface area contributed by atoms with E-state index in [4.69, 9.17) is 0 Å². The van der Waals surface area contributed by atoms with Crippen LogP contribution in [-0.2, 0) is 0 Å². The zero-order valence-electron chi connectivity index (χ0n) is 9.52. The van der Waals surface area contributed by atoms with E-state index in [-0.39, 0.29) is 5.91 Å². The zero-order chi connectivity index (χ0) is 11.4. The molecule has 16 heavy (non-hydrogen) atoms. The van der Waals surface area contributed by atoms with E-state index >= 15 is 0 Å². The normalized spacial score (nSPS) is 17.1. The van der Waals surface area contributed by atoms with Gasteiger partial charge in [0, 0.05) is 19.3 Å². The van der Waals surface area contributed by atoms with Crippen LogP contribution in [0.5, 0.6) is 0 Å². The van der Waals surface area contributed by atoms with Gasteiger partial charge in [-0.15, -0.1) is 0 Å². The van der Waals surface area contributed by atoms with E-state index in [1.807, 2.05) is 24.1 Å². The summed E-state index contributed by atoms with van der Waals surface area (Å²) in [6.45, 7) is 1.98. The first-order valence-corrected chi connectivity index (χ1v) is 5.68. The highest BCUT2D eigenvalue weighted by molar-refractivity contribution is 5.92. The molecule has 0 unspecified atom stereocenters. The molecule has 0 radical (unpaired) electrons. The van der Waals surface area contributed by atoms with E-state index in [2.05, 4.69) is 10.3 Å². The molecule has 2 heterocycles. The van der Waals surface area contributed by atoms with Gasteiger partial charge in [-0.3, -0.25) is 9.78 Å². The van der Waals surface area contributed by atoms with Crippen molar-refractivity contribution in [3.05, 3.63) is 30.1 Å². The van der Waals surface area contributed by atoms with Crippen molar-refractivity contribution in [2.75, 3.05) is 20.1 Å². The summed E-state index contributed by atoms with van der Waals surface area (Å²) >= 11 is 0. The molecule has 0 spiro atoms. The predicted octanol–water partition coefficient (Wildman–Crippen LogP) is 0.906. The molecule has 0 aliphatic carbocycles. The van der Waals surface area contributed by atoms with Crippen LogP contribution in [-0.4, -0.2) is 42.0 Å². The van der Waals surface area contributed by atoms with Crippen molar-refractivity contribution in [3.63, 3.8) is 0 Å². The van der Waals surface area contributed by atoms with Crippen molar-refractivity contribution >= 4 is 5.91 Å². The number of rotatable bonds is 2. The molecule has 1 aromatic heterocycles. The van der Waals surface area contributed by atoms with Gasteiger partial charge in [0.2, 0.25) is 0 Å². The van der Waals surface area contributed by atoms with Gasteiger partial charge in [-0.1, -0.05) is 6.07 Å². The summed E-state index contributed by atoms with van der Waals surface area (Å²) in [4.78, 5) is 18.0. The Kier molecular flexibility index (Phi) is 3.51. The third-order valence-electron chi connectivity index (χ3n) is 3.06. The van der Waals surface area contributed by atoms with Gasteiger partial charge in [-0.25, -0.2) is 0 Å². The lowest BCUT2D eigenvalue weighted by Gasteiger charge is -2.31. The number of hydrogen-bond donors (Lipinski definition) is 1. The number of pyridine rings is 1. The van der Waals surface area contributed by atoms with E-state index in [1.165, 1.54) is 0 Å². The zero-order valence-corrected chi connectivity index (χ0v) is 9.52. The highest BCUT2D eigenvalue weighted by Gasteiger charge is 2.23. The molecule has 0 bridgehead atoms. The van der Waals surface area contributed by atoms with Gasteiger partial charge >= 0.3 is 0 Å². The van der Waals surface area contributed by atoms with Crippen LogP contribution in [0.3, 0.4) is 0 Å². The number of nitrogens with zero attached hydrogens (tertiary/aromatic N) is 2. The Labute approximate surface area is 95.7 Å². The average Bonchev–Trinajstić information content (AvgIpc) is 2.39. The number of carbonyl (C=O) groups is 1. The third kappa shape index (κ3) is 2.39. The summed E-state index contributed by atoms with van der Waals surface area (Å²) in [5.41, 5.74) is 0.531. The fourth-order valence-electron chi connectivity index (χ4n) is 2.03. The second-order valence-corrected chi connectivity index (χ2v) is 4.11. The Morgan fingerprint density at radius 3 is 2.81 bits per heavy atom. The van der Waals surface area contributed by atoms with Crippen molar-refractivity contribution < 1.29 is 4.79 Å². The molecule has 1 amide bonds. The van der Waals surface area contributed by atoms with Crippen molar-refractivity contribution in [1.82, 2.24) is 15.2 Å². The van der Waals surface area contributed by atoms with E-state index in [1.54, 1.807) is 12.3 Å². The molecular formula is C12H17N3O. The SMILES string of the molecule is CN(C(=O)c1ccccn1)C1CCNCC1. The number of aromatic nitrogens is 1. The number of nitrogens with one attached hydrogen (secondary N) is 1. The van der Waals surface area contributed by atoms with Gasteiger partial charge in [0.15, 0.2) is 0 Å². The highest BCUT2D eigenvalue weighted by atomic mass is 16.2. The summed E-state index contributed by atoms with van der Waals surface area (Å²) in [5.74, 6) is 0.0208. The van der Waals surface area contributed by atoms with Crippen molar-refractivity contribution in [2.45, 2.75) is 18.9 Å². The van der Waals surface area contributed by atoms with Gasteiger partial charge < -0.3 is 10.2 Å². The molecular weight excluding hydrogens is 202 g/mol. The fraction of sp³-hybridized carbons (Fsp3) is 0.500. The number of hydrogen-bond acceptors (Lipinski definition) is 3. The lowest BCUT2D eigenvalue weighted by atomic mass is 10.1. The number of piperidine rings is 1. The summed E-state index contributed by atoms with van der Waals surface area (Å²) in [5, 5.41) is 3.29. The minimum atomic E-state index is 0.0208. The van der Waals surface area contributed by atoms with Gasteiger partial charge in [0.05, 0.1) is 0 Å². The number of amides is 1. The monoisotopic (exact) mass is 219 g/mol. The quantitative estimate of drug-likeness (QED) is 0.804. The lowest BCUT2D eigenvalue weighted by molar-refractivity contribution is 0.0697.